The van der Waals surface area contributed by atoms with Gasteiger partial charge in [0.25, 0.3) is 0 Å². The van der Waals surface area contributed by atoms with Gasteiger partial charge >= 0.3 is 11.9 Å². The van der Waals surface area contributed by atoms with Crippen molar-refractivity contribution in [1.82, 2.24) is 0 Å². The van der Waals surface area contributed by atoms with Crippen LogP contribution in [0.25, 0.3) is 0 Å². The van der Waals surface area contributed by atoms with Crippen molar-refractivity contribution in [3.63, 3.8) is 0 Å². The number of hydrogen-bond acceptors (Lipinski definition) is 3. The van der Waals surface area contributed by atoms with E-state index in [1.54, 1.807) is 0 Å². The first kappa shape index (κ1) is 26.9. The highest BCUT2D eigenvalue weighted by Crippen LogP contribution is 2.34. The Morgan fingerprint density at radius 3 is 1.21 bits per heavy atom. The van der Waals surface area contributed by atoms with Gasteiger partial charge in [0.1, 0.15) is 0 Å². The van der Waals surface area contributed by atoms with E-state index >= 15 is 0 Å². The molecule has 0 aliphatic carbocycles. The molecular formula is C23H44O5. The first-order valence-electron chi connectivity index (χ1n) is 11.4. The van der Waals surface area contributed by atoms with Gasteiger partial charge in [-0.15, -0.1) is 0 Å². The quantitative estimate of drug-likeness (QED) is 0.244. The molecule has 0 aromatic carbocycles. The summed E-state index contributed by atoms with van der Waals surface area (Å²) in [7, 11) is 0. The van der Waals surface area contributed by atoms with Crippen LogP contribution in [0.5, 0.6) is 0 Å². The van der Waals surface area contributed by atoms with E-state index in [-0.39, 0.29) is 6.10 Å². The Kier molecular flexibility index (Phi) is 13.4. The molecule has 0 aromatic heterocycles. The Morgan fingerprint density at radius 1 is 0.643 bits per heavy atom. The fourth-order valence-electron chi connectivity index (χ4n) is 4.21. The molecule has 0 unspecified atom stereocenters. The molecule has 0 amide bonds. The van der Waals surface area contributed by atoms with Gasteiger partial charge in [-0.2, -0.15) is 0 Å². The number of hydrogen-bond donors (Lipinski definition) is 3. The Morgan fingerprint density at radius 2 is 0.964 bits per heavy atom. The van der Waals surface area contributed by atoms with Gasteiger partial charge in [-0.1, -0.05) is 66.2 Å². The number of aliphatic carboxylic acids is 2. The predicted molar refractivity (Wildman–Crippen MR) is 113 cm³/mol. The molecule has 0 saturated heterocycles. The first-order chi connectivity index (χ1) is 13.2. The van der Waals surface area contributed by atoms with Gasteiger partial charge in [0, 0.05) is 0 Å². The molecule has 0 aliphatic heterocycles. The molecule has 0 bridgehead atoms. The van der Waals surface area contributed by atoms with E-state index in [9.17, 15) is 24.9 Å². The number of aliphatic hydroxyl groups excluding tert-OH is 1. The number of unbranched alkanes of at least 4 members (excludes halogenated alkanes) is 4. The van der Waals surface area contributed by atoms with Crippen LogP contribution in [-0.4, -0.2) is 33.4 Å². The molecule has 0 saturated carbocycles. The molecule has 0 atom stereocenters. The molecule has 0 rings (SSSR count). The van der Waals surface area contributed by atoms with Crippen molar-refractivity contribution >= 4 is 11.9 Å². The standard InChI is InChI=1S/C23H44O5/c1-5-22(6-2,20(25)26)17-13-9-11-15-19(24)16-12-10-14-18-23(7-3,8-4)21(27)28/h19,24H,5-18H2,1-4H3,(H,25,26)(H,27,28). The zero-order chi connectivity index (χ0) is 21.6. The Bertz CT molecular complexity index is 398. The molecular weight excluding hydrogens is 356 g/mol. The SMILES string of the molecule is CCC(CC)(CCCCCC(O)CCCCCC(CC)(CC)C(=O)O)C(=O)O. The molecule has 0 aromatic rings. The maximum Gasteiger partial charge on any atom is 0.309 e. The summed E-state index contributed by atoms with van der Waals surface area (Å²) in [5, 5.41) is 29.0. The van der Waals surface area contributed by atoms with E-state index in [2.05, 4.69) is 0 Å². The third kappa shape index (κ3) is 8.50. The highest BCUT2D eigenvalue weighted by Gasteiger charge is 2.34. The number of carboxylic acid groups (broad SMARTS) is 2. The summed E-state index contributed by atoms with van der Waals surface area (Å²) in [5.74, 6) is -1.37. The minimum absolute atomic E-state index is 0.303. The summed E-state index contributed by atoms with van der Waals surface area (Å²) in [4.78, 5) is 23.0. The third-order valence-corrected chi connectivity index (χ3v) is 7.00. The largest absolute Gasteiger partial charge is 0.481 e. The second kappa shape index (κ2) is 14.0. The lowest BCUT2D eigenvalue weighted by Gasteiger charge is -2.26. The molecule has 0 fully saturated rings. The smallest absolute Gasteiger partial charge is 0.309 e. The molecule has 0 radical (unpaired) electrons. The van der Waals surface area contributed by atoms with Gasteiger partial charge in [0.2, 0.25) is 0 Å². The molecule has 5 heteroatoms. The summed E-state index contributed by atoms with van der Waals surface area (Å²) < 4.78 is 0. The third-order valence-electron chi connectivity index (χ3n) is 7.00. The fourth-order valence-corrected chi connectivity index (χ4v) is 4.21. The minimum Gasteiger partial charge on any atom is -0.481 e. The van der Waals surface area contributed by atoms with E-state index in [0.29, 0.717) is 38.5 Å². The van der Waals surface area contributed by atoms with Gasteiger partial charge in [0.15, 0.2) is 0 Å². The highest BCUT2D eigenvalue weighted by atomic mass is 16.4. The van der Waals surface area contributed by atoms with Crippen LogP contribution in [0.3, 0.4) is 0 Å². The van der Waals surface area contributed by atoms with Crippen molar-refractivity contribution in [3.05, 3.63) is 0 Å². The van der Waals surface area contributed by atoms with Crippen LogP contribution in [0.4, 0.5) is 0 Å². The lowest BCUT2D eigenvalue weighted by atomic mass is 9.77. The lowest BCUT2D eigenvalue weighted by Crippen LogP contribution is -2.29. The minimum atomic E-state index is -0.685. The van der Waals surface area contributed by atoms with Crippen molar-refractivity contribution in [1.29, 1.82) is 0 Å². The molecule has 0 spiro atoms. The average Bonchev–Trinajstić information content (AvgIpc) is 2.67. The monoisotopic (exact) mass is 400 g/mol. The number of aliphatic hydroxyl groups is 1. The van der Waals surface area contributed by atoms with Crippen molar-refractivity contribution < 1.29 is 24.9 Å². The van der Waals surface area contributed by atoms with E-state index in [4.69, 9.17) is 0 Å². The summed E-state index contributed by atoms with van der Waals surface area (Å²) >= 11 is 0. The zero-order valence-electron chi connectivity index (χ0n) is 18.6. The van der Waals surface area contributed by atoms with Crippen LogP contribution in [0.15, 0.2) is 0 Å². The van der Waals surface area contributed by atoms with Crippen LogP contribution >= 0.6 is 0 Å². The average molecular weight is 401 g/mol. The molecule has 3 N–H and O–H groups in total. The maximum absolute atomic E-state index is 11.5. The molecule has 28 heavy (non-hydrogen) atoms. The summed E-state index contributed by atoms with van der Waals surface area (Å²) in [6.45, 7) is 7.79. The van der Waals surface area contributed by atoms with Gasteiger partial charge in [-0.25, -0.2) is 0 Å². The number of carboxylic acids is 2. The maximum atomic E-state index is 11.5. The van der Waals surface area contributed by atoms with E-state index in [0.717, 1.165) is 51.4 Å². The zero-order valence-corrected chi connectivity index (χ0v) is 18.6. The van der Waals surface area contributed by atoms with Crippen molar-refractivity contribution in [2.45, 2.75) is 124 Å². The summed E-state index contributed by atoms with van der Waals surface area (Å²) in [6.07, 6.45) is 10.9. The highest BCUT2D eigenvalue weighted by molar-refractivity contribution is 5.74. The van der Waals surface area contributed by atoms with E-state index in [1.165, 1.54) is 0 Å². The number of rotatable bonds is 18. The van der Waals surface area contributed by atoms with Crippen molar-refractivity contribution in [2.24, 2.45) is 10.8 Å². The van der Waals surface area contributed by atoms with Gasteiger partial charge in [0.05, 0.1) is 16.9 Å². The van der Waals surface area contributed by atoms with Gasteiger partial charge in [-0.05, 0) is 51.4 Å². The Labute approximate surface area is 171 Å². The summed E-state index contributed by atoms with van der Waals surface area (Å²) in [5.41, 5.74) is -1.17. The molecule has 166 valence electrons. The molecule has 0 heterocycles. The second-order valence-corrected chi connectivity index (χ2v) is 8.44. The van der Waals surface area contributed by atoms with Crippen LogP contribution in [0.2, 0.25) is 0 Å². The Balaban J connectivity index is 3.93. The topological polar surface area (TPSA) is 94.8 Å². The van der Waals surface area contributed by atoms with Crippen LogP contribution in [0, 0.1) is 10.8 Å². The van der Waals surface area contributed by atoms with Crippen LogP contribution in [-0.2, 0) is 9.59 Å². The fraction of sp³-hybridized carbons (Fsp3) is 0.913. The van der Waals surface area contributed by atoms with Crippen molar-refractivity contribution in [3.8, 4) is 0 Å². The number of carbonyl (C=O) groups is 2. The van der Waals surface area contributed by atoms with Gasteiger partial charge < -0.3 is 15.3 Å². The molecule has 5 nitrogen and oxygen atoms in total. The van der Waals surface area contributed by atoms with Crippen molar-refractivity contribution in [2.75, 3.05) is 0 Å². The van der Waals surface area contributed by atoms with Crippen LogP contribution < -0.4 is 0 Å². The van der Waals surface area contributed by atoms with Gasteiger partial charge in [-0.3, -0.25) is 9.59 Å². The van der Waals surface area contributed by atoms with E-state index < -0.39 is 22.8 Å². The van der Waals surface area contributed by atoms with Crippen LogP contribution in [0.1, 0.15) is 118 Å². The second-order valence-electron chi connectivity index (χ2n) is 8.44. The summed E-state index contributed by atoms with van der Waals surface area (Å²) in [6, 6.07) is 0. The first-order valence-corrected chi connectivity index (χ1v) is 11.4. The van der Waals surface area contributed by atoms with E-state index in [1.807, 2.05) is 27.7 Å². The Hall–Kier alpha value is -1.10. The molecule has 0 aliphatic rings. The lowest BCUT2D eigenvalue weighted by molar-refractivity contribution is -0.151. The predicted octanol–water partition coefficient (Wildman–Crippen LogP) is 6.03. The normalized spacial score (nSPS) is 12.5.